The van der Waals surface area contributed by atoms with Crippen LogP contribution in [0.25, 0.3) is 11.0 Å². The van der Waals surface area contributed by atoms with Gasteiger partial charge in [-0.05, 0) is 35.6 Å². The maximum absolute atomic E-state index is 11.6. The summed E-state index contributed by atoms with van der Waals surface area (Å²) in [5, 5.41) is 1.37. The topological polar surface area (TPSA) is 55.0 Å². The number of aromatic nitrogens is 2. The largest absolute Gasteiger partial charge is 0.461 e. The van der Waals surface area contributed by atoms with E-state index < -0.39 is 0 Å². The van der Waals surface area contributed by atoms with E-state index in [1.54, 1.807) is 13.0 Å². The molecule has 0 radical (unpaired) electrons. The average molecular weight is 351 g/mol. The number of carbonyl (C=O) groups excluding carboxylic acids is 1. The van der Waals surface area contributed by atoms with Crippen molar-refractivity contribution in [3.8, 4) is 0 Å². The third kappa shape index (κ3) is 2.01. The second kappa shape index (κ2) is 4.58. The lowest BCUT2D eigenvalue weighted by molar-refractivity contribution is 0.0519. The lowest BCUT2D eigenvalue weighted by Gasteiger charge is -1.98. The van der Waals surface area contributed by atoms with E-state index in [2.05, 4.69) is 32.6 Å². The highest BCUT2D eigenvalue weighted by molar-refractivity contribution is 14.1. The predicted molar refractivity (Wildman–Crippen MR) is 69.8 cm³/mol. The number of nitrogens with one attached hydrogen (secondary N) is 1. The van der Waals surface area contributed by atoms with Gasteiger partial charge >= 0.3 is 5.97 Å². The van der Waals surface area contributed by atoms with Crippen molar-refractivity contribution >= 4 is 51.2 Å². The molecule has 0 spiro atoms. The van der Waals surface area contributed by atoms with Crippen LogP contribution in [0.1, 0.15) is 17.4 Å². The summed E-state index contributed by atoms with van der Waals surface area (Å²) in [6.07, 6.45) is 1.53. The third-order valence-corrected chi connectivity index (χ3v) is 3.36. The van der Waals surface area contributed by atoms with Gasteiger partial charge in [0.15, 0.2) is 0 Å². The van der Waals surface area contributed by atoms with Crippen LogP contribution in [0.4, 0.5) is 0 Å². The molecule has 0 atom stereocenters. The number of hydrogen-bond acceptors (Lipinski definition) is 3. The molecule has 16 heavy (non-hydrogen) atoms. The Morgan fingerprint density at radius 3 is 3.12 bits per heavy atom. The molecule has 2 rings (SSSR count). The second-order valence-electron chi connectivity index (χ2n) is 3.08. The Bertz CT molecular complexity index is 553. The molecule has 0 aliphatic carbocycles. The van der Waals surface area contributed by atoms with Crippen molar-refractivity contribution in [1.82, 2.24) is 9.97 Å². The van der Waals surface area contributed by atoms with Gasteiger partial charge in [0.2, 0.25) is 0 Å². The molecular weight excluding hydrogens is 342 g/mol. The fourth-order valence-electron chi connectivity index (χ4n) is 1.36. The molecule has 6 heteroatoms. The van der Waals surface area contributed by atoms with Crippen molar-refractivity contribution in [3.05, 3.63) is 26.5 Å². The minimum absolute atomic E-state index is 0.346. The lowest BCUT2D eigenvalue weighted by atomic mass is 10.3. The molecule has 0 saturated carbocycles. The van der Waals surface area contributed by atoms with Gasteiger partial charge in [-0.25, -0.2) is 9.78 Å². The van der Waals surface area contributed by atoms with Crippen molar-refractivity contribution in [2.75, 3.05) is 6.61 Å². The van der Waals surface area contributed by atoms with Crippen LogP contribution in [0.3, 0.4) is 0 Å². The van der Waals surface area contributed by atoms with Crippen LogP contribution in [0.15, 0.2) is 12.3 Å². The maximum Gasteiger partial charge on any atom is 0.355 e. The van der Waals surface area contributed by atoms with Crippen LogP contribution in [0.2, 0.25) is 5.02 Å². The molecule has 2 heterocycles. The third-order valence-electron chi connectivity index (χ3n) is 2.03. The first kappa shape index (κ1) is 11.7. The summed E-state index contributed by atoms with van der Waals surface area (Å²) in [4.78, 5) is 18.6. The normalized spacial score (nSPS) is 10.7. The Morgan fingerprint density at radius 1 is 1.69 bits per heavy atom. The monoisotopic (exact) mass is 350 g/mol. The van der Waals surface area contributed by atoms with Crippen LogP contribution in [0, 0.1) is 3.57 Å². The first-order chi connectivity index (χ1) is 7.63. The molecule has 0 aromatic carbocycles. The smallest absolute Gasteiger partial charge is 0.355 e. The highest BCUT2D eigenvalue weighted by Crippen LogP contribution is 2.25. The molecule has 1 N–H and O–H groups in total. The standard InChI is InChI=1S/C10H8ClIN2O2/c1-2-16-10(15)8-7(12)6-3-5(11)4-13-9(6)14-8/h3-4H,2H2,1H3,(H,13,14). The number of fused-ring (bicyclic) bond motifs is 1. The molecular formula is C10H8ClIN2O2. The number of ether oxygens (including phenoxy) is 1. The molecule has 4 nitrogen and oxygen atoms in total. The van der Waals surface area contributed by atoms with E-state index in [1.807, 2.05) is 0 Å². The number of rotatable bonds is 2. The van der Waals surface area contributed by atoms with Gasteiger partial charge in [-0.2, -0.15) is 0 Å². The summed E-state index contributed by atoms with van der Waals surface area (Å²) in [6, 6.07) is 1.77. The number of hydrogen-bond donors (Lipinski definition) is 1. The summed E-state index contributed by atoms with van der Waals surface area (Å²) < 4.78 is 5.71. The van der Waals surface area contributed by atoms with Crippen LogP contribution < -0.4 is 0 Å². The van der Waals surface area contributed by atoms with Crippen LogP contribution in [-0.2, 0) is 4.74 Å². The molecule has 0 unspecified atom stereocenters. The van der Waals surface area contributed by atoms with Crippen molar-refractivity contribution in [1.29, 1.82) is 0 Å². The highest BCUT2D eigenvalue weighted by Gasteiger charge is 2.17. The van der Waals surface area contributed by atoms with Gasteiger partial charge in [0.05, 0.1) is 15.2 Å². The Balaban J connectivity index is 2.56. The minimum Gasteiger partial charge on any atom is -0.461 e. The fourth-order valence-corrected chi connectivity index (χ4v) is 2.28. The number of nitrogens with zero attached hydrogens (tertiary/aromatic N) is 1. The SMILES string of the molecule is CCOC(=O)c1[nH]c2ncc(Cl)cc2c1I. The number of aromatic amines is 1. The van der Waals surface area contributed by atoms with Crippen molar-refractivity contribution in [3.63, 3.8) is 0 Å². The maximum atomic E-state index is 11.6. The van der Waals surface area contributed by atoms with Crippen molar-refractivity contribution in [2.45, 2.75) is 6.92 Å². The van der Waals surface area contributed by atoms with Gasteiger partial charge < -0.3 is 9.72 Å². The van der Waals surface area contributed by atoms with E-state index in [0.717, 1.165) is 8.96 Å². The molecule has 2 aromatic heterocycles. The van der Waals surface area contributed by atoms with Crippen molar-refractivity contribution < 1.29 is 9.53 Å². The van der Waals surface area contributed by atoms with Gasteiger partial charge in [0.1, 0.15) is 11.3 Å². The van der Waals surface area contributed by atoms with Crippen LogP contribution in [-0.4, -0.2) is 22.5 Å². The molecule has 0 aliphatic rings. The Hall–Kier alpha value is -0.820. The van der Waals surface area contributed by atoms with E-state index in [4.69, 9.17) is 16.3 Å². The van der Waals surface area contributed by atoms with Gasteiger partial charge in [0.25, 0.3) is 0 Å². The van der Waals surface area contributed by atoms with Gasteiger partial charge in [-0.15, -0.1) is 0 Å². The number of H-pyrrole nitrogens is 1. The van der Waals surface area contributed by atoms with Crippen LogP contribution in [0.5, 0.6) is 0 Å². The number of esters is 1. The van der Waals surface area contributed by atoms with E-state index in [9.17, 15) is 4.79 Å². The highest BCUT2D eigenvalue weighted by atomic mass is 127. The molecule has 0 amide bonds. The molecule has 2 aromatic rings. The fraction of sp³-hybridized carbons (Fsp3) is 0.200. The van der Waals surface area contributed by atoms with Gasteiger partial charge in [0, 0.05) is 11.6 Å². The zero-order valence-electron chi connectivity index (χ0n) is 8.38. The van der Waals surface area contributed by atoms with E-state index >= 15 is 0 Å². The quantitative estimate of drug-likeness (QED) is 0.669. The molecule has 0 fully saturated rings. The molecule has 84 valence electrons. The van der Waals surface area contributed by atoms with Crippen molar-refractivity contribution in [2.24, 2.45) is 0 Å². The van der Waals surface area contributed by atoms with Gasteiger partial charge in [-0.1, -0.05) is 11.6 Å². The average Bonchev–Trinajstić information content (AvgIpc) is 2.57. The van der Waals surface area contributed by atoms with E-state index in [1.165, 1.54) is 6.20 Å². The van der Waals surface area contributed by atoms with Crippen LogP contribution >= 0.6 is 34.2 Å². The summed E-state index contributed by atoms with van der Waals surface area (Å²) in [7, 11) is 0. The molecule has 0 aliphatic heterocycles. The number of carbonyl (C=O) groups is 1. The molecule has 0 bridgehead atoms. The Morgan fingerprint density at radius 2 is 2.44 bits per heavy atom. The first-order valence-electron chi connectivity index (χ1n) is 4.63. The summed E-state index contributed by atoms with van der Waals surface area (Å²) in [5.41, 5.74) is 1.06. The predicted octanol–water partition coefficient (Wildman–Crippen LogP) is 3.00. The first-order valence-corrected chi connectivity index (χ1v) is 6.09. The van der Waals surface area contributed by atoms with Gasteiger partial charge in [-0.3, -0.25) is 0 Å². The lowest BCUT2D eigenvalue weighted by Crippen LogP contribution is -2.06. The number of pyridine rings is 1. The zero-order chi connectivity index (χ0) is 11.7. The summed E-state index contributed by atoms with van der Waals surface area (Å²) in [6.45, 7) is 2.11. The Kier molecular flexibility index (Phi) is 3.34. The zero-order valence-corrected chi connectivity index (χ0v) is 11.3. The van der Waals surface area contributed by atoms with E-state index in [-0.39, 0.29) is 5.97 Å². The second-order valence-corrected chi connectivity index (χ2v) is 4.60. The van der Waals surface area contributed by atoms with E-state index in [0.29, 0.717) is 23.0 Å². The summed E-state index contributed by atoms with van der Waals surface area (Å²) in [5.74, 6) is -0.374. The summed E-state index contributed by atoms with van der Waals surface area (Å²) >= 11 is 7.92. The molecule has 0 saturated heterocycles. The Labute approximate surface area is 110 Å². The minimum atomic E-state index is -0.374. The number of halogens is 2.